The van der Waals surface area contributed by atoms with E-state index in [1.165, 1.54) is 0 Å². The zero-order valence-electron chi connectivity index (χ0n) is 12.5. The van der Waals surface area contributed by atoms with Gasteiger partial charge in [-0.1, -0.05) is 28.1 Å². The lowest BCUT2D eigenvalue weighted by Gasteiger charge is -2.21. The van der Waals surface area contributed by atoms with Gasteiger partial charge in [0.2, 0.25) is 0 Å². The summed E-state index contributed by atoms with van der Waals surface area (Å²) in [6.07, 6.45) is 0.0325. The Labute approximate surface area is 133 Å². The van der Waals surface area contributed by atoms with Crippen molar-refractivity contribution in [3.8, 4) is 0 Å². The monoisotopic (exact) mass is 356 g/mol. The molecule has 0 aliphatic heterocycles. The molecular formula is C15H21BrN2O3. The van der Waals surface area contributed by atoms with Gasteiger partial charge in [0.1, 0.15) is 11.8 Å². The topological polar surface area (TPSA) is 67.4 Å². The Kier molecular flexibility index (Phi) is 6.84. The summed E-state index contributed by atoms with van der Waals surface area (Å²) in [7, 11) is 0. The first-order valence-electron chi connectivity index (χ1n) is 6.73. The van der Waals surface area contributed by atoms with Crippen molar-refractivity contribution < 1.29 is 14.3 Å². The molecule has 0 saturated heterocycles. The molecule has 0 bridgehead atoms. The molecule has 0 fully saturated rings. The van der Waals surface area contributed by atoms with E-state index in [1.807, 2.05) is 24.3 Å². The van der Waals surface area contributed by atoms with E-state index in [0.29, 0.717) is 12.8 Å². The molecule has 0 aliphatic carbocycles. The Bertz CT molecular complexity index is 469. The summed E-state index contributed by atoms with van der Waals surface area (Å²) in [5, 5.41) is 5.43. The third-order valence-corrected chi connectivity index (χ3v) is 3.03. The molecule has 0 aliphatic rings. The maximum absolute atomic E-state index is 11.6. The van der Waals surface area contributed by atoms with E-state index in [4.69, 9.17) is 4.74 Å². The normalized spacial score (nSPS) is 12.6. The van der Waals surface area contributed by atoms with Gasteiger partial charge >= 0.3 is 6.09 Å². The van der Waals surface area contributed by atoms with Crippen LogP contribution in [0.5, 0.6) is 0 Å². The van der Waals surface area contributed by atoms with Gasteiger partial charge in [-0.25, -0.2) is 4.79 Å². The molecule has 2 N–H and O–H groups in total. The van der Waals surface area contributed by atoms with Crippen LogP contribution in [-0.4, -0.2) is 30.7 Å². The van der Waals surface area contributed by atoms with Gasteiger partial charge in [0.25, 0.3) is 0 Å². The number of alkyl carbamates (subject to hydrolysis) is 1. The van der Waals surface area contributed by atoms with E-state index in [9.17, 15) is 9.59 Å². The average molecular weight is 357 g/mol. The van der Waals surface area contributed by atoms with Crippen molar-refractivity contribution in [2.45, 2.75) is 39.0 Å². The largest absolute Gasteiger partial charge is 0.444 e. The van der Waals surface area contributed by atoms with E-state index in [-0.39, 0.29) is 0 Å². The van der Waals surface area contributed by atoms with Gasteiger partial charge in [0.15, 0.2) is 6.29 Å². The van der Waals surface area contributed by atoms with Crippen molar-refractivity contribution in [1.82, 2.24) is 10.6 Å². The van der Waals surface area contributed by atoms with Crippen LogP contribution >= 0.6 is 15.9 Å². The van der Waals surface area contributed by atoms with E-state index in [0.717, 1.165) is 16.5 Å². The quantitative estimate of drug-likeness (QED) is 0.607. The number of rotatable bonds is 6. The molecule has 116 valence electrons. The van der Waals surface area contributed by atoms with Crippen molar-refractivity contribution in [2.24, 2.45) is 0 Å². The third kappa shape index (κ3) is 7.82. The third-order valence-electron chi connectivity index (χ3n) is 2.50. The van der Waals surface area contributed by atoms with Crippen LogP contribution in [0.4, 0.5) is 4.79 Å². The molecule has 1 atom stereocenters. The van der Waals surface area contributed by atoms with Gasteiger partial charge in [-0.2, -0.15) is 0 Å². The molecule has 21 heavy (non-hydrogen) atoms. The first-order chi connectivity index (χ1) is 9.80. The molecule has 1 amide bonds. The fourth-order valence-corrected chi connectivity index (χ4v) is 1.86. The molecule has 0 radical (unpaired) electrons. The first-order valence-corrected chi connectivity index (χ1v) is 7.52. The van der Waals surface area contributed by atoms with E-state index < -0.39 is 17.9 Å². The highest BCUT2D eigenvalue weighted by atomic mass is 79.9. The van der Waals surface area contributed by atoms with Crippen LogP contribution in [0.3, 0.4) is 0 Å². The highest BCUT2D eigenvalue weighted by Crippen LogP contribution is 2.10. The van der Waals surface area contributed by atoms with Crippen molar-refractivity contribution in [1.29, 1.82) is 0 Å². The summed E-state index contributed by atoms with van der Waals surface area (Å²) in [6.45, 7) is 5.87. The Balaban J connectivity index is 2.35. The fourth-order valence-electron chi connectivity index (χ4n) is 1.59. The molecule has 1 rings (SSSR count). The van der Waals surface area contributed by atoms with Crippen molar-refractivity contribution in [3.63, 3.8) is 0 Å². The summed E-state index contributed by atoms with van der Waals surface area (Å²) in [6, 6.07) is 7.93. The molecule has 0 heterocycles. The minimum Gasteiger partial charge on any atom is -0.444 e. The Morgan fingerprint density at radius 3 is 2.48 bits per heavy atom. The molecule has 0 spiro atoms. The van der Waals surface area contributed by atoms with Crippen LogP contribution in [-0.2, 0) is 16.0 Å². The Morgan fingerprint density at radius 2 is 1.95 bits per heavy atom. The molecule has 1 aromatic rings. The zero-order valence-corrected chi connectivity index (χ0v) is 14.1. The standard InChI is InChI=1S/C15H21BrN2O3/c1-15(2,3)21-14(20)18-13(10-19)17-9-8-11-4-6-12(16)7-5-11/h4-7,10,13,17H,8-9H2,1-3H3,(H,18,20). The van der Waals surface area contributed by atoms with Gasteiger partial charge in [0, 0.05) is 11.0 Å². The lowest BCUT2D eigenvalue weighted by atomic mass is 10.1. The lowest BCUT2D eigenvalue weighted by molar-refractivity contribution is -0.110. The molecule has 0 saturated carbocycles. The van der Waals surface area contributed by atoms with Crippen LogP contribution in [0.15, 0.2) is 28.7 Å². The number of amides is 1. The van der Waals surface area contributed by atoms with Crippen LogP contribution < -0.4 is 10.6 Å². The summed E-state index contributed by atoms with van der Waals surface area (Å²) in [5.41, 5.74) is 0.558. The number of nitrogens with one attached hydrogen (secondary N) is 2. The van der Waals surface area contributed by atoms with E-state index in [2.05, 4.69) is 26.6 Å². The average Bonchev–Trinajstić information content (AvgIpc) is 2.37. The van der Waals surface area contributed by atoms with Gasteiger partial charge in [-0.05, 0) is 44.9 Å². The molecule has 6 heteroatoms. The molecule has 1 aromatic carbocycles. The Hall–Kier alpha value is -1.40. The highest BCUT2D eigenvalue weighted by Gasteiger charge is 2.18. The number of halogens is 1. The van der Waals surface area contributed by atoms with E-state index in [1.54, 1.807) is 20.8 Å². The number of carbonyl (C=O) groups is 2. The number of hydrogen-bond donors (Lipinski definition) is 2. The number of carbonyl (C=O) groups excluding carboxylic acids is 2. The number of ether oxygens (including phenoxy) is 1. The van der Waals surface area contributed by atoms with Gasteiger partial charge < -0.3 is 4.74 Å². The summed E-state index contributed by atoms with van der Waals surface area (Å²) >= 11 is 3.38. The zero-order chi connectivity index (χ0) is 15.9. The maximum Gasteiger partial charge on any atom is 0.409 e. The highest BCUT2D eigenvalue weighted by molar-refractivity contribution is 9.10. The van der Waals surface area contributed by atoms with Crippen LogP contribution in [0.25, 0.3) is 0 Å². The van der Waals surface area contributed by atoms with Crippen LogP contribution in [0.1, 0.15) is 26.3 Å². The smallest absolute Gasteiger partial charge is 0.409 e. The first kappa shape index (κ1) is 17.7. The minimum atomic E-state index is -0.754. The summed E-state index contributed by atoms with van der Waals surface area (Å²) in [4.78, 5) is 22.5. The van der Waals surface area contributed by atoms with Crippen LogP contribution in [0, 0.1) is 0 Å². The number of benzene rings is 1. The fraction of sp³-hybridized carbons (Fsp3) is 0.467. The van der Waals surface area contributed by atoms with E-state index >= 15 is 0 Å². The van der Waals surface area contributed by atoms with Gasteiger partial charge in [-0.15, -0.1) is 0 Å². The SMILES string of the molecule is CC(C)(C)OC(=O)NC(C=O)NCCc1ccc(Br)cc1. The number of aldehydes is 1. The van der Waals surface area contributed by atoms with Crippen molar-refractivity contribution in [2.75, 3.05) is 6.54 Å². The Morgan fingerprint density at radius 1 is 1.33 bits per heavy atom. The summed E-state index contributed by atoms with van der Waals surface area (Å²) < 4.78 is 6.12. The molecule has 0 aromatic heterocycles. The second-order valence-corrected chi connectivity index (χ2v) is 6.51. The van der Waals surface area contributed by atoms with Crippen molar-refractivity contribution >= 4 is 28.3 Å². The van der Waals surface area contributed by atoms with Gasteiger partial charge in [0.05, 0.1) is 0 Å². The second kappa shape index (κ2) is 8.14. The summed E-state index contributed by atoms with van der Waals surface area (Å²) in [5.74, 6) is 0. The van der Waals surface area contributed by atoms with Crippen LogP contribution in [0.2, 0.25) is 0 Å². The lowest BCUT2D eigenvalue weighted by Crippen LogP contribution is -2.48. The second-order valence-electron chi connectivity index (χ2n) is 5.59. The maximum atomic E-state index is 11.6. The van der Waals surface area contributed by atoms with Crippen molar-refractivity contribution in [3.05, 3.63) is 34.3 Å². The predicted molar refractivity (Wildman–Crippen MR) is 85.1 cm³/mol. The molecular weight excluding hydrogens is 336 g/mol. The molecule has 1 unspecified atom stereocenters. The number of hydrogen-bond acceptors (Lipinski definition) is 4. The minimum absolute atomic E-state index is 0.570. The molecule has 5 nitrogen and oxygen atoms in total. The predicted octanol–water partition coefficient (Wildman–Crippen LogP) is 2.63. The van der Waals surface area contributed by atoms with Gasteiger partial charge in [-0.3, -0.25) is 15.4 Å².